The summed E-state index contributed by atoms with van der Waals surface area (Å²) >= 11 is 1.72. The largest absolute Gasteiger partial charge is 0.338 e. The Morgan fingerprint density at radius 1 is 0.848 bits per heavy atom. The van der Waals surface area contributed by atoms with Crippen LogP contribution in [0.3, 0.4) is 0 Å². The zero-order chi connectivity index (χ0) is 22.9. The lowest BCUT2D eigenvalue weighted by atomic mass is 10.0. The molecule has 0 aromatic heterocycles. The first-order valence-corrected chi connectivity index (χ1v) is 11.9. The van der Waals surface area contributed by atoms with Crippen molar-refractivity contribution >= 4 is 17.5 Å². The Hall–Kier alpha value is -3.63. The van der Waals surface area contributed by atoms with E-state index in [0.29, 0.717) is 0 Å². The van der Waals surface area contributed by atoms with Gasteiger partial charge in [-0.05, 0) is 29.2 Å². The van der Waals surface area contributed by atoms with Gasteiger partial charge in [0.15, 0.2) is 0 Å². The summed E-state index contributed by atoms with van der Waals surface area (Å²) in [6, 6.07) is 27.8. The maximum atomic E-state index is 4.39. The van der Waals surface area contributed by atoms with Crippen LogP contribution in [-0.4, -0.2) is 16.8 Å². The Balaban J connectivity index is 1.35. The summed E-state index contributed by atoms with van der Waals surface area (Å²) < 4.78 is 0. The summed E-state index contributed by atoms with van der Waals surface area (Å²) in [4.78, 5) is 4.39. The molecule has 0 saturated carbocycles. The zero-order valence-corrected chi connectivity index (χ0v) is 19.8. The van der Waals surface area contributed by atoms with Gasteiger partial charge in [0, 0.05) is 19.0 Å². The monoisotopic (exact) mass is 449 g/mol. The van der Waals surface area contributed by atoms with Crippen LogP contribution in [0.15, 0.2) is 120 Å². The number of hydrogen-bond acceptors (Lipinski definition) is 4. The van der Waals surface area contributed by atoms with Crippen molar-refractivity contribution < 1.29 is 0 Å². The topological polar surface area (TPSA) is 18.5 Å². The van der Waals surface area contributed by atoms with E-state index in [1.54, 1.807) is 11.8 Å². The molecule has 0 aliphatic carbocycles. The third kappa shape index (κ3) is 4.10. The van der Waals surface area contributed by atoms with Gasteiger partial charge in [-0.2, -0.15) is 0 Å². The van der Waals surface area contributed by atoms with Crippen molar-refractivity contribution in [2.24, 2.45) is 0 Å². The number of nitrogens with zero attached hydrogens (tertiary/aromatic N) is 2. The minimum atomic E-state index is 0.749. The number of rotatable bonds is 4. The van der Waals surface area contributed by atoms with Crippen molar-refractivity contribution in [3.63, 3.8) is 0 Å². The maximum Gasteiger partial charge on any atom is 0.105 e. The van der Waals surface area contributed by atoms with E-state index in [0.717, 1.165) is 28.8 Å². The van der Waals surface area contributed by atoms with Crippen LogP contribution in [-0.2, 0) is 6.54 Å². The fourth-order valence-corrected chi connectivity index (χ4v) is 5.33. The normalized spacial score (nSPS) is 18.1. The molecule has 3 aromatic carbocycles. The summed E-state index contributed by atoms with van der Waals surface area (Å²) in [7, 11) is 2.11. The average molecular weight is 450 g/mol. The molecule has 1 saturated heterocycles. The second-order valence-corrected chi connectivity index (χ2v) is 9.26. The summed E-state index contributed by atoms with van der Waals surface area (Å²) in [6.07, 6.45) is 0. The predicted molar refractivity (Wildman–Crippen MR) is 140 cm³/mol. The van der Waals surface area contributed by atoms with Gasteiger partial charge in [0.25, 0.3) is 0 Å². The molecular weight excluding hydrogens is 422 g/mol. The van der Waals surface area contributed by atoms with Gasteiger partial charge in [-0.25, -0.2) is 0 Å². The summed E-state index contributed by atoms with van der Waals surface area (Å²) in [5, 5.41) is 6.82. The van der Waals surface area contributed by atoms with Crippen molar-refractivity contribution in [3.8, 4) is 11.1 Å². The van der Waals surface area contributed by atoms with Crippen LogP contribution in [0.5, 0.6) is 0 Å². The van der Waals surface area contributed by atoms with E-state index in [4.69, 9.17) is 0 Å². The lowest BCUT2D eigenvalue weighted by Gasteiger charge is -2.21. The first-order chi connectivity index (χ1) is 16.0. The summed E-state index contributed by atoms with van der Waals surface area (Å²) in [5.74, 6) is 0.860. The molecule has 0 atom stereocenters. The highest BCUT2D eigenvalue weighted by molar-refractivity contribution is 8.06. The molecule has 0 radical (unpaired) electrons. The minimum Gasteiger partial charge on any atom is -0.338 e. The van der Waals surface area contributed by atoms with Crippen molar-refractivity contribution in [2.75, 3.05) is 7.05 Å². The molecular formula is C29H27N3S. The van der Waals surface area contributed by atoms with Crippen LogP contribution >= 0.6 is 11.8 Å². The van der Waals surface area contributed by atoms with E-state index in [2.05, 4.69) is 120 Å². The van der Waals surface area contributed by atoms with Crippen LogP contribution in [0.2, 0.25) is 0 Å². The van der Waals surface area contributed by atoms with E-state index >= 15 is 0 Å². The highest BCUT2D eigenvalue weighted by Crippen LogP contribution is 2.43. The van der Waals surface area contributed by atoms with E-state index in [9.17, 15) is 0 Å². The zero-order valence-electron chi connectivity index (χ0n) is 19.0. The Bertz CT molecular complexity index is 1290. The molecule has 164 valence electrons. The molecule has 2 aliphatic heterocycles. The molecule has 5 rings (SSSR count). The fraction of sp³-hybridized carbons (Fsp3) is 0.103. The summed E-state index contributed by atoms with van der Waals surface area (Å²) in [5.41, 5.74) is 9.30. The second-order valence-electron chi connectivity index (χ2n) is 8.40. The molecule has 4 heteroatoms. The number of hydrogen-bond donors (Lipinski definition) is 1. The molecule has 3 nitrogen and oxygen atoms in total. The number of aryl methyl sites for hydroxylation is 1. The predicted octanol–water partition coefficient (Wildman–Crippen LogP) is 6.90. The lowest BCUT2D eigenvalue weighted by Crippen LogP contribution is -2.17. The quantitative estimate of drug-likeness (QED) is 0.467. The molecule has 0 bridgehead atoms. The van der Waals surface area contributed by atoms with Crippen LogP contribution in [0, 0.1) is 6.92 Å². The van der Waals surface area contributed by atoms with E-state index in [1.807, 2.05) is 6.07 Å². The summed E-state index contributed by atoms with van der Waals surface area (Å²) in [6.45, 7) is 11.5. The fourth-order valence-electron chi connectivity index (χ4n) is 4.27. The Morgan fingerprint density at radius 2 is 1.55 bits per heavy atom. The van der Waals surface area contributed by atoms with Crippen molar-refractivity contribution in [2.45, 2.75) is 13.5 Å². The number of benzene rings is 3. The van der Waals surface area contributed by atoms with Gasteiger partial charge in [0.2, 0.25) is 0 Å². The Kier molecular flexibility index (Phi) is 5.61. The van der Waals surface area contributed by atoms with Crippen LogP contribution in [0.1, 0.15) is 16.7 Å². The van der Waals surface area contributed by atoms with E-state index in [-0.39, 0.29) is 0 Å². The SMILES string of the molecule is C=C1N/C(=C2\SC=C(c3ccc(-c4ccccc4)cc3)N2C)C(=C)N1Cc1cccc(C)c1. The highest BCUT2D eigenvalue weighted by Gasteiger charge is 2.31. The van der Waals surface area contributed by atoms with Gasteiger partial charge in [-0.15, -0.1) is 0 Å². The molecule has 1 N–H and O–H groups in total. The van der Waals surface area contributed by atoms with Crippen molar-refractivity contribution in [1.29, 1.82) is 0 Å². The van der Waals surface area contributed by atoms with E-state index in [1.165, 1.54) is 33.5 Å². The third-order valence-electron chi connectivity index (χ3n) is 6.08. The van der Waals surface area contributed by atoms with Gasteiger partial charge < -0.3 is 15.1 Å². The Morgan fingerprint density at radius 3 is 2.27 bits per heavy atom. The van der Waals surface area contributed by atoms with Gasteiger partial charge in [0.05, 0.1) is 17.1 Å². The van der Waals surface area contributed by atoms with E-state index < -0.39 is 0 Å². The van der Waals surface area contributed by atoms with Gasteiger partial charge in [-0.3, -0.25) is 0 Å². The first-order valence-electron chi connectivity index (χ1n) is 11.0. The number of thioether (sulfide) groups is 1. The molecule has 0 spiro atoms. The highest BCUT2D eigenvalue weighted by atomic mass is 32.2. The Labute approximate surface area is 200 Å². The van der Waals surface area contributed by atoms with Gasteiger partial charge >= 0.3 is 0 Å². The lowest BCUT2D eigenvalue weighted by molar-refractivity contribution is 0.451. The molecule has 0 unspecified atom stereocenters. The second kappa shape index (κ2) is 8.72. The molecule has 2 heterocycles. The molecule has 1 fully saturated rings. The molecule has 33 heavy (non-hydrogen) atoms. The van der Waals surface area contributed by atoms with Crippen LogP contribution in [0.4, 0.5) is 0 Å². The smallest absolute Gasteiger partial charge is 0.105 e. The van der Waals surface area contributed by atoms with Crippen LogP contribution in [0.25, 0.3) is 16.8 Å². The first kappa shape index (κ1) is 21.2. The standard InChI is InChI=1S/C29H27N3S/c1-20-9-8-10-23(17-20)18-32-21(2)28(30-22(32)3)29-31(4)27(19-33-29)26-15-13-25(14-16-26)24-11-6-5-7-12-24/h5-17,19,30H,2-3,18H2,1,4H3/b29-28-. The van der Waals surface area contributed by atoms with Gasteiger partial charge in [-0.1, -0.05) is 109 Å². The molecule has 2 aliphatic rings. The average Bonchev–Trinajstić information content (AvgIpc) is 3.34. The third-order valence-corrected chi connectivity index (χ3v) is 7.12. The van der Waals surface area contributed by atoms with Crippen molar-refractivity contribution in [3.05, 3.63) is 136 Å². The molecule has 0 amide bonds. The number of nitrogens with one attached hydrogen (secondary N) is 1. The van der Waals surface area contributed by atoms with Gasteiger partial charge in [0.1, 0.15) is 10.9 Å². The van der Waals surface area contributed by atoms with Crippen molar-refractivity contribution in [1.82, 2.24) is 15.1 Å². The minimum absolute atomic E-state index is 0.749. The molecule has 3 aromatic rings. The van der Waals surface area contributed by atoms with Crippen LogP contribution < -0.4 is 5.32 Å². The maximum absolute atomic E-state index is 4.39.